The summed E-state index contributed by atoms with van der Waals surface area (Å²) in [5, 5.41) is 8.04. The first-order valence-electron chi connectivity index (χ1n) is 7.66. The van der Waals surface area contributed by atoms with Crippen molar-refractivity contribution in [2.45, 2.75) is 18.4 Å². The second-order valence-electron chi connectivity index (χ2n) is 5.37. The molecule has 0 fully saturated rings. The molecule has 0 spiro atoms. The Morgan fingerprint density at radius 3 is 2.81 bits per heavy atom. The molecule has 26 heavy (non-hydrogen) atoms. The van der Waals surface area contributed by atoms with Crippen molar-refractivity contribution in [3.8, 4) is 10.6 Å². The molecular weight excluding hydrogens is 394 g/mol. The Hall–Kier alpha value is -2.01. The normalized spacial score (nSPS) is 11.6. The van der Waals surface area contributed by atoms with Gasteiger partial charge in [-0.25, -0.2) is 17.9 Å². The number of carbonyl (C=O) groups excluding carboxylic acids is 1. The molecule has 0 amide bonds. The quantitative estimate of drug-likeness (QED) is 0.604. The molecule has 3 aromatic rings. The number of ether oxygens (including phenoxy) is 1. The first-order chi connectivity index (χ1) is 12.4. The van der Waals surface area contributed by atoms with Crippen LogP contribution in [0.2, 0.25) is 0 Å². The molecule has 3 aromatic heterocycles. The minimum atomic E-state index is -3.80. The van der Waals surface area contributed by atoms with E-state index in [-0.39, 0.29) is 16.3 Å². The largest absolute Gasteiger partial charge is 0.465 e. The number of nitrogens with one attached hydrogen (secondary N) is 1. The topological polar surface area (TPSA) is 90.3 Å². The Kier molecular flexibility index (Phi) is 5.56. The summed E-state index contributed by atoms with van der Waals surface area (Å²) in [5.41, 5.74) is 1.81. The predicted octanol–water partition coefficient (Wildman–Crippen LogP) is 2.75. The van der Waals surface area contributed by atoms with Gasteiger partial charge < -0.3 is 4.74 Å². The minimum absolute atomic E-state index is 0.0641. The van der Waals surface area contributed by atoms with Crippen molar-refractivity contribution in [1.82, 2.24) is 14.5 Å². The SMILES string of the molecule is COC(=O)c1sccc1S(=O)(=O)NCCn1nc(-c2cccs2)cc1C. The number of esters is 1. The Morgan fingerprint density at radius 2 is 2.12 bits per heavy atom. The van der Waals surface area contributed by atoms with Gasteiger partial charge in [-0.1, -0.05) is 6.07 Å². The lowest BCUT2D eigenvalue weighted by molar-refractivity contribution is 0.0602. The average Bonchev–Trinajstić information content (AvgIpc) is 3.35. The van der Waals surface area contributed by atoms with Crippen LogP contribution in [0.1, 0.15) is 15.4 Å². The highest BCUT2D eigenvalue weighted by atomic mass is 32.2. The molecule has 0 aliphatic rings. The van der Waals surface area contributed by atoms with Crippen LogP contribution in [0.5, 0.6) is 0 Å². The predicted molar refractivity (Wildman–Crippen MR) is 101 cm³/mol. The summed E-state index contributed by atoms with van der Waals surface area (Å²) in [6.45, 7) is 2.46. The van der Waals surface area contributed by atoms with E-state index in [4.69, 9.17) is 0 Å². The van der Waals surface area contributed by atoms with Crippen molar-refractivity contribution in [2.75, 3.05) is 13.7 Å². The van der Waals surface area contributed by atoms with Gasteiger partial charge in [0.25, 0.3) is 0 Å². The molecule has 0 aliphatic carbocycles. The highest BCUT2D eigenvalue weighted by Gasteiger charge is 2.24. The van der Waals surface area contributed by atoms with E-state index in [1.807, 2.05) is 30.5 Å². The standard InChI is InChI=1S/C16H17N3O4S3/c1-11-10-12(13-4-3-8-24-13)18-19(11)7-6-17-26(21,22)14-5-9-25-15(14)16(20)23-2/h3-5,8-10,17H,6-7H2,1-2H3. The summed E-state index contributed by atoms with van der Waals surface area (Å²) in [4.78, 5) is 12.7. The number of methoxy groups -OCH3 is 1. The van der Waals surface area contributed by atoms with E-state index < -0.39 is 16.0 Å². The summed E-state index contributed by atoms with van der Waals surface area (Å²) in [6.07, 6.45) is 0. The number of hydrogen-bond acceptors (Lipinski definition) is 7. The number of carbonyl (C=O) groups is 1. The first-order valence-corrected chi connectivity index (χ1v) is 10.9. The summed E-state index contributed by atoms with van der Waals surface area (Å²) in [5.74, 6) is -0.663. The third kappa shape index (κ3) is 3.88. The summed E-state index contributed by atoms with van der Waals surface area (Å²) in [7, 11) is -2.58. The van der Waals surface area contributed by atoms with Crippen molar-refractivity contribution >= 4 is 38.7 Å². The van der Waals surface area contributed by atoms with E-state index >= 15 is 0 Å². The lowest BCUT2D eigenvalue weighted by Gasteiger charge is -2.08. The summed E-state index contributed by atoms with van der Waals surface area (Å²) >= 11 is 2.63. The second kappa shape index (κ2) is 7.70. The molecule has 0 saturated heterocycles. The van der Waals surface area contributed by atoms with E-state index in [2.05, 4.69) is 14.6 Å². The van der Waals surface area contributed by atoms with E-state index in [9.17, 15) is 13.2 Å². The monoisotopic (exact) mass is 411 g/mol. The van der Waals surface area contributed by atoms with E-state index in [1.165, 1.54) is 13.2 Å². The molecular formula is C16H17N3O4S3. The molecule has 0 unspecified atom stereocenters. The van der Waals surface area contributed by atoms with Gasteiger partial charge in [-0.3, -0.25) is 4.68 Å². The zero-order valence-electron chi connectivity index (χ0n) is 14.1. The number of thiophene rings is 2. The zero-order chi connectivity index (χ0) is 18.7. The van der Waals surface area contributed by atoms with Gasteiger partial charge in [0.15, 0.2) is 0 Å². The Labute approximate surface area is 159 Å². The third-order valence-electron chi connectivity index (χ3n) is 3.66. The fourth-order valence-corrected chi connectivity index (χ4v) is 5.43. The fraction of sp³-hybridized carbons (Fsp3) is 0.250. The molecule has 0 atom stereocenters. The Bertz CT molecular complexity index is 1000. The van der Waals surface area contributed by atoms with Crippen LogP contribution in [0.3, 0.4) is 0 Å². The smallest absolute Gasteiger partial charge is 0.349 e. The van der Waals surface area contributed by atoms with Crippen molar-refractivity contribution in [3.05, 3.63) is 45.6 Å². The van der Waals surface area contributed by atoms with Crippen LogP contribution >= 0.6 is 22.7 Å². The highest BCUT2D eigenvalue weighted by Crippen LogP contribution is 2.24. The number of nitrogens with zero attached hydrogens (tertiary/aromatic N) is 2. The van der Waals surface area contributed by atoms with E-state index in [0.29, 0.717) is 6.54 Å². The average molecular weight is 412 g/mol. The molecule has 0 radical (unpaired) electrons. The van der Waals surface area contributed by atoms with Crippen LogP contribution in [0, 0.1) is 6.92 Å². The van der Waals surface area contributed by atoms with E-state index in [1.54, 1.807) is 21.4 Å². The number of rotatable bonds is 7. The molecule has 0 saturated carbocycles. The number of aryl methyl sites for hydroxylation is 1. The maximum Gasteiger partial charge on any atom is 0.349 e. The molecule has 1 N–H and O–H groups in total. The lowest BCUT2D eigenvalue weighted by Crippen LogP contribution is -2.28. The van der Waals surface area contributed by atoms with Gasteiger partial charge in [0.2, 0.25) is 10.0 Å². The first kappa shape index (κ1) is 18.8. The molecule has 0 aromatic carbocycles. The van der Waals surface area contributed by atoms with Crippen LogP contribution < -0.4 is 4.72 Å². The van der Waals surface area contributed by atoms with E-state index in [0.717, 1.165) is 27.6 Å². The van der Waals surface area contributed by atoms with Crippen molar-refractivity contribution in [1.29, 1.82) is 0 Å². The van der Waals surface area contributed by atoms with Crippen LogP contribution in [-0.4, -0.2) is 37.8 Å². The van der Waals surface area contributed by atoms with Gasteiger partial charge in [0.05, 0.1) is 18.5 Å². The lowest BCUT2D eigenvalue weighted by atomic mass is 10.3. The number of sulfonamides is 1. The number of hydrogen-bond donors (Lipinski definition) is 1. The van der Waals surface area contributed by atoms with Gasteiger partial charge in [0.1, 0.15) is 15.5 Å². The van der Waals surface area contributed by atoms with Crippen molar-refractivity contribution in [3.63, 3.8) is 0 Å². The summed E-state index contributed by atoms with van der Waals surface area (Å²) < 4.78 is 33.8. The Balaban J connectivity index is 1.68. The molecule has 3 heterocycles. The van der Waals surface area contributed by atoms with Gasteiger partial charge in [-0.05, 0) is 35.9 Å². The Morgan fingerprint density at radius 1 is 1.31 bits per heavy atom. The van der Waals surface area contributed by atoms with Gasteiger partial charge in [0, 0.05) is 12.2 Å². The van der Waals surface area contributed by atoms with Crippen LogP contribution in [-0.2, 0) is 21.3 Å². The van der Waals surface area contributed by atoms with Gasteiger partial charge >= 0.3 is 5.97 Å². The summed E-state index contributed by atoms with van der Waals surface area (Å²) in [6, 6.07) is 7.31. The maximum atomic E-state index is 12.5. The van der Waals surface area contributed by atoms with Crippen molar-refractivity contribution in [2.24, 2.45) is 0 Å². The van der Waals surface area contributed by atoms with Crippen LogP contribution in [0.25, 0.3) is 10.6 Å². The molecule has 138 valence electrons. The molecule has 0 bridgehead atoms. The zero-order valence-corrected chi connectivity index (χ0v) is 16.6. The third-order valence-corrected chi connectivity index (χ3v) is 7.08. The minimum Gasteiger partial charge on any atom is -0.465 e. The second-order valence-corrected chi connectivity index (χ2v) is 8.97. The van der Waals surface area contributed by atoms with Gasteiger partial charge in [-0.2, -0.15) is 5.10 Å². The maximum absolute atomic E-state index is 12.5. The van der Waals surface area contributed by atoms with Crippen LogP contribution in [0.4, 0.5) is 0 Å². The van der Waals surface area contributed by atoms with Crippen molar-refractivity contribution < 1.29 is 17.9 Å². The molecule has 10 heteroatoms. The molecule has 7 nitrogen and oxygen atoms in total. The molecule has 0 aliphatic heterocycles. The fourth-order valence-electron chi connectivity index (χ4n) is 2.40. The van der Waals surface area contributed by atoms with Gasteiger partial charge in [-0.15, -0.1) is 22.7 Å². The molecule has 3 rings (SSSR count). The highest BCUT2D eigenvalue weighted by molar-refractivity contribution is 7.89. The number of aromatic nitrogens is 2. The van der Waals surface area contributed by atoms with Crippen LogP contribution in [0.15, 0.2) is 39.9 Å².